The first kappa shape index (κ1) is 13.1. The van der Waals surface area contributed by atoms with Crippen molar-refractivity contribution in [1.82, 2.24) is 9.55 Å². The second-order valence-electron chi connectivity index (χ2n) is 5.37. The Morgan fingerprint density at radius 1 is 1.55 bits per heavy atom. The number of hydrogen-bond donors (Lipinski definition) is 1. The minimum Gasteiger partial charge on any atom is -0.478 e. The number of carboxylic acid groups (broad SMARTS) is 1. The molecule has 0 amide bonds. The molecule has 3 rings (SSSR count). The molecule has 1 N–H and O–H groups in total. The van der Waals surface area contributed by atoms with E-state index in [1.54, 1.807) is 12.1 Å². The van der Waals surface area contributed by atoms with Crippen LogP contribution < -0.4 is 0 Å². The van der Waals surface area contributed by atoms with Gasteiger partial charge in [-0.2, -0.15) is 0 Å². The average Bonchev–Trinajstić information content (AvgIpc) is 3.03. The molecule has 2 heterocycles. The van der Waals surface area contributed by atoms with Gasteiger partial charge in [0.1, 0.15) is 11.3 Å². The number of nitrogens with zero attached hydrogens (tertiary/aromatic N) is 2. The molecule has 106 valence electrons. The van der Waals surface area contributed by atoms with Crippen molar-refractivity contribution in [3.05, 3.63) is 29.6 Å². The van der Waals surface area contributed by atoms with Crippen LogP contribution in [0.1, 0.15) is 35.6 Å². The van der Waals surface area contributed by atoms with Gasteiger partial charge in [-0.3, -0.25) is 0 Å². The molecule has 0 saturated carbocycles. The number of aryl methyl sites for hydroxylation is 1. The summed E-state index contributed by atoms with van der Waals surface area (Å²) >= 11 is 0. The molecule has 2 atom stereocenters. The van der Waals surface area contributed by atoms with Gasteiger partial charge in [-0.05, 0) is 32.4 Å². The Morgan fingerprint density at radius 2 is 2.35 bits per heavy atom. The Morgan fingerprint density at radius 3 is 3.00 bits per heavy atom. The standard InChI is InChI=1S/C15H18N2O3/c1-9(11-6-7-20-8-11)17-10(2)16-14-12(15(18)19)4-3-5-13(14)17/h3-5,9,11H,6-8H2,1-2H3,(H,18,19). The van der Waals surface area contributed by atoms with E-state index in [9.17, 15) is 9.90 Å². The minimum absolute atomic E-state index is 0.256. The van der Waals surface area contributed by atoms with Gasteiger partial charge in [0.05, 0.1) is 17.7 Å². The highest BCUT2D eigenvalue weighted by molar-refractivity contribution is 6.01. The first-order valence-electron chi connectivity index (χ1n) is 6.88. The summed E-state index contributed by atoms with van der Waals surface area (Å²) in [5, 5.41) is 9.26. The van der Waals surface area contributed by atoms with E-state index in [0.717, 1.165) is 31.0 Å². The number of imidazole rings is 1. The molecule has 1 aliphatic rings. The first-order valence-corrected chi connectivity index (χ1v) is 6.88. The van der Waals surface area contributed by atoms with Crippen molar-refractivity contribution < 1.29 is 14.6 Å². The summed E-state index contributed by atoms with van der Waals surface area (Å²) in [7, 11) is 0. The largest absolute Gasteiger partial charge is 0.478 e. The van der Waals surface area contributed by atoms with Gasteiger partial charge >= 0.3 is 5.97 Å². The second-order valence-corrected chi connectivity index (χ2v) is 5.37. The molecule has 2 aromatic rings. The Bertz CT molecular complexity index is 656. The minimum atomic E-state index is -0.933. The maximum Gasteiger partial charge on any atom is 0.337 e. The van der Waals surface area contributed by atoms with Gasteiger partial charge < -0.3 is 14.4 Å². The Balaban J connectivity index is 2.13. The third-order valence-corrected chi connectivity index (χ3v) is 4.18. The summed E-state index contributed by atoms with van der Waals surface area (Å²) in [6.45, 7) is 5.65. The zero-order chi connectivity index (χ0) is 14.3. The van der Waals surface area contributed by atoms with E-state index in [-0.39, 0.29) is 11.6 Å². The SMILES string of the molecule is Cc1nc2c(C(=O)O)cccc2n1C(C)C1CCOC1. The van der Waals surface area contributed by atoms with Crippen molar-refractivity contribution >= 4 is 17.0 Å². The van der Waals surface area contributed by atoms with Crippen LogP contribution in [-0.2, 0) is 4.74 Å². The fourth-order valence-corrected chi connectivity index (χ4v) is 3.06. The lowest BCUT2D eigenvalue weighted by Crippen LogP contribution is -2.17. The van der Waals surface area contributed by atoms with Gasteiger partial charge in [-0.1, -0.05) is 6.07 Å². The van der Waals surface area contributed by atoms with E-state index < -0.39 is 5.97 Å². The summed E-state index contributed by atoms with van der Waals surface area (Å²) in [6.07, 6.45) is 1.04. The molecule has 0 radical (unpaired) electrons. The smallest absolute Gasteiger partial charge is 0.337 e. The average molecular weight is 274 g/mol. The predicted molar refractivity (Wildman–Crippen MR) is 75.1 cm³/mol. The van der Waals surface area contributed by atoms with Crippen LogP contribution in [0.5, 0.6) is 0 Å². The summed E-state index contributed by atoms with van der Waals surface area (Å²) < 4.78 is 7.60. The van der Waals surface area contributed by atoms with Crippen molar-refractivity contribution in [3.8, 4) is 0 Å². The number of para-hydroxylation sites is 1. The molecule has 20 heavy (non-hydrogen) atoms. The molecule has 1 fully saturated rings. The molecule has 5 nitrogen and oxygen atoms in total. The summed E-state index contributed by atoms with van der Waals surface area (Å²) in [6, 6.07) is 5.58. The van der Waals surface area contributed by atoms with Crippen LogP contribution >= 0.6 is 0 Å². The van der Waals surface area contributed by atoms with Gasteiger partial charge in [0, 0.05) is 18.6 Å². The molecular formula is C15H18N2O3. The quantitative estimate of drug-likeness (QED) is 0.934. The Kier molecular flexibility index (Phi) is 3.22. The molecule has 1 aromatic heterocycles. The lowest BCUT2D eigenvalue weighted by molar-refractivity contribution is 0.0699. The van der Waals surface area contributed by atoms with Crippen molar-refractivity contribution in [3.63, 3.8) is 0 Å². The van der Waals surface area contributed by atoms with Gasteiger partial charge in [-0.15, -0.1) is 0 Å². The lowest BCUT2D eigenvalue weighted by Gasteiger charge is -2.21. The third kappa shape index (κ3) is 1.98. The molecular weight excluding hydrogens is 256 g/mol. The van der Waals surface area contributed by atoms with Crippen LogP contribution in [0, 0.1) is 12.8 Å². The number of carbonyl (C=O) groups is 1. The highest BCUT2D eigenvalue weighted by atomic mass is 16.5. The van der Waals surface area contributed by atoms with E-state index in [1.165, 1.54) is 0 Å². The maximum absolute atomic E-state index is 11.3. The number of carboxylic acids is 1. The topological polar surface area (TPSA) is 64.3 Å². The van der Waals surface area contributed by atoms with Gasteiger partial charge in [0.2, 0.25) is 0 Å². The van der Waals surface area contributed by atoms with Gasteiger partial charge in [-0.25, -0.2) is 9.78 Å². The van der Waals surface area contributed by atoms with Gasteiger partial charge in [0.15, 0.2) is 0 Å². The van der Waals surface area contributed by atoms with Crippen LogP contribution in [0.2, 0.25) is 0 Å². The fourth-order valence-electron chi connectivity index (χ4n) is 3.06. The van der Waals surface area contributed by atoms with Crippen molar-refractivity contribution in [1.29, 1.82) is 0 Å². The Hall–Kier alpha value is -1.88. The molecule has 1 saturated heterocycles. The van der Waals surface area contributed by atoms with E-state index in [2.05, 4.69) is 16.5 Å². The maximum atomic E-state index is 11.3. The molecule has 1 aliphatic heterocycles. The molecule has 0 bridgehead atoms. The number of aromatic carboxylic acids is 1. The highest BCUT2D eigenvalue weighted by Gasteiger charge is 2.26. The van der Waals surface area contributed by atoms with Crippen molar-refractivity contribution in [2.24, 2.45) is 5.92 Å². The normalized spacial score (nSPS) is 20.4. The van der Waals surface area contributed by atoms with E-state index in [4.69, 9.17) is 4.74 Å². The number of aromatic nitrogens is 2. The Labute approximate surface area is 117 Å². The highest BCUT2D eigenvalue weighted by Crippen LogP contribution is 2.31. The monoisotopic (exact) mass is 274 g/mol. The van der Waals surface area contributed by atoms with E-state index >= 15 is 0 Å². The van der Waals surface area contributed by atoms with Crippen LogP contribution in [0.15, 0.2) is 18.2 Å². The molecule has 0 aliphatic carbocycles. The fraction of sp³-hybridized carbons (Fsp3) is 0.467. The summed E-state index contributed by atoms with van der Waals surface area (Å²) in [5.74, 6) is 0.379. The van der Waals surface area contributed by atoms with E-state index in [1.807, 2.05) is 13.0 Å². The lowest BCUT2D eigenvalue weighted by atomic mass is 10.00. The zero-order valence-electron chi connectivity index (χ0n) is 11.7. The molecule has 5 heteroatoms. The predicted octanol–water partition coefficient (Wildman–Crippen LogP) is 2.64. The summed E-state index contributed by atoms with van der Waals surface area (Å²) in [5.41, 5.74) is 1.73. The number of rotatable bonds is 3. The van der Waals surface area contributed by atoms with Crippen LogP contribution in [-0.4, -0.2) is 33.8 Å². The van der Waals surface area contributed by atoms with E-state index in [0.29, 0.717) is 11.4 Å². The van der Waals surface area contributed by atoms with Crippen LogP contribution in [0.4, 0.5) is 0 Å². The molecule has 0 spiro atoms. The van der Waals surface area contributed by atoms with Gasteiger partial charge in [0.25, 0.3) is 0 Å². The summed E-state index contributed by atoms with van der Waals surface area (Å²) in [4.78, 5) is 15.8. The second kappa shape index (κ2) is 4.90. The molecule has 1 aromatic carbocycles. The van der Waals surface area contributed by atoms with Crippen molar-refractivity contribution in [2.75, 3.05) is 13.2 Å². The zero-order valence-corrected chi connectivity index (χ0v) is 11.7. The number of ether oxygens (including phenoxy) is 1. The first-order chi connectivity index (χ1) is 9.59. The molecule has 2 unspecified atom stereocenters. The number of fused-ring (bicyclic) bond motifs is 1. The number of hydrogen-bond acceptors (Lipinski definition) is 3. The number of benzene rings is 1. The van der Waals surface area contributed by atoms with Crippen LogP contribution in [0.3, 0.4) is 0 Å². The van der Waals surface area contributed by atoms with Crippen LogP contribution in [0.25, 0.3) is 11.0 Å². The van der Waals surface area contributed by atoms with Crippen molar-refractivity contribution in [2.45, 2.75) is 26.3 Å². The third-order valence-electron chi connectivity index (χ3n) is 4.18.